The van der Waals surface area contributed by atoms with Gasteiger partial charge in [-0.15, -0.1) is 11.3 Å². The number of carbonyl (C=O) groups excluding carboxylic acids is 1. The zero-order valence-corrected chi connectivity index (χ0v) is 23.3. The molecule has 1 aromatic heterocycles. The number of benzene rings is 2. The van der Waals surface area contributed by atoms with Crippen LogP contribution in [0.3, 0.4) is 0 Å². The maximum atomic E-state index is 13.4. The zero-order chi connectivity index (χ0) is 25.4. The number of fused-ring (bicyclic) bond motifs is 1. The van der Waals surface area contributed by atoms with Crippen LogP contribution in [-0.4, -0.2) is 42.3 Å². The minimum absolute atomic E-state index is 0.132. The summed E-state index contributed by atoms with van der Waals surface area (Å²) in [5, 5.41) is 12.5. The fourth-order valence-electron chi connectivity index (χ4n) is 5.48. The van der Waals surface area contributed by atoms with E-state index in [0.29, 0.717) is 23.8 Å². The van der Waals surface area contributed by atoms with E-state index in [9.17, 15) is 14.7 Å². The molecule has 36 heavy (non-hydrogen) atoms. The summed E-state index contributed by atoms with van der Waals surface area (Å²) in [6.07, 6.45) is 2.66. The highest BCUT2D eigenvalue weighted by molar-refractivity contribution is 14.1. The van der Waals surface area contributed by atoms with Crippen LogP contribution in [0.4, 0.5) is 10.7 Å². The minimum Gasteiger partial charge on any atom is -0.478 e. The lowest BCUT2D eigenvalue weighted by atomic mass is 9.80. The number of carbonyl (C=O) groups is 2. The highest BCUT2D eigenvalue weighted by Gasteiger charge is 2.31. The first-order chi connectivity index (χ1) is 17.3. The normalized spacial score (nSPS) is 21.6. The fourth-order valence-corrected chi connectivity index (χ4v) is 7.39. The van der Waals surface area contributed by atoms with Gasteiger partial charge < -0.3 is 14.7 Å². The summed E-state index contributed by atoms with van der Waals surface area (Å²) in [6, 6.07) is 16.5. The number of carboxylic acid groups (broad SMARTS) is 1. The standard InChI is InChI=1S/C28H29IN2O4S/c1-17-14-35-15-18(2)30(17)23-11-9-20(10-12-23)26(32)31(29)27-25(28(33)34)24(16-36-27)22-8-7-19-5-3-4-6-21(19)13-22/h3-6,9-12,16-18,22H,7-8,13-15H2,1-2H3,(H,33,34)/t17-,18+,22?. The Kier molecular flexibility index (Phi) is 7.37. The van der Waals surface area contributed by atoms with Crippen molar-refractivity contribution in [1.82, 2.24) is 0 Å². The molecule has 1 saturated heterocycles. The number of anilines is 2. The monoisotopic (exact) mass is 616 g/mol. The molecule has 1 N–H and O–H groups in total. The molecule has 1 aliphatic carbocycles. The van der Waals surface area contributed by atoms with E-state index in [0.717, 1.165) is 30.5 Å². The second-order valence-electron chi connectivity index (χ2n) is 9.66. The number of halogens is 1. The molecule has 0 radical (unpaired) electrons. The van der Waals surface area contributed by atoms with Crippen LogP contribution in [-0.2, 0) is 17.6 Å². The van der Waals surface area contributed by atoms with Gasteiger partial charge in [0.1, 0.15) is 5.00 Å². The summed E-state index contributed by atoms with van der Waals surface area (Å²) in [6.45, 7) is 5.62. The van der Waals surface area contributed by atoms with Crippen LogP contribution in [0.25, 0.3) is 0 Å². The zero-order valence-electron chi connectivity index (χ0n) is 20.3. The van der Waals surface area contributed by atoms with E-state index in [2.05, 4.69) is 36.9 Å². The van der Waals surface area contributed by atoms with Gasteiger partial charge in [0.05, 0.1) is 41.6 Å². The lowest BCUT2D eigenvalue weighted by Gasteiger charge is -2.40. The molecule has 1 amide bonds. The van der Waals surface area contributed by atoms with Gasteiger partial charge in [-0.1, -0.05) is 24.3 Å². The van der Waals surface area contributed by atoms with Gasteiger partial charge in [-0.25, -0.2) is 7.91 Å². The number of ether oxygens (including phenoxy) is 1. The third-order valence-corrected chi connectivity index (χ3v) is 9.47. The molecule has 2 aliphatic rings. The summed E-state index contributed by atoms with van der Waals surface area (Å²) in [5.41, 5.74) is 5.29. The van der Waals surface area contributed by atoms with Gasteiger partial charge in [0.25, 0.3) is 5.91 Å². The van der Waals surface area contributed by atoms with E-state index in [1.165, 1.54) is 25.6 Å². The number of aryl methyl sites for hydroxylation is 1. The molecule has 2 aromatic carbocycles. The summed E-state index contributed by atoms with van der Waals surface area (Å²) >= 11 is 3.27. The number of rotatable bonds is 5. The third-order valence-electron chi connectivity index (χ3n) is 7.24. The van der Waals surface area contributed by atoms with Crippen molar-refractivity contribution in [2.24, 2.45) is 0 Å². The number of morpholine rings is 1. The van der Waals surface area contributed by atoms with Gasteiger partial charge in [-0.2, -0.15) is 0 Å². The predicted octanol–water partition coefficient (Wildman–Crippen LogP) is 6.33. The van der Waals surface area contributed by atoms with E-state index in [1.807, 2.05) is 58.6 Å². The van der Waals surface area contributed by atoms with Crippen LogP contribution >= 0.6 is 34.2 Å². The van der Waals surface area contributed by atoms with E-state index in [-0.39, 0.29) is 29.5 Å². The smallest absolute Gasteiger partial charge is 0.339 e. The van der Waals surface area contributed by atoms with Crippen molar-refractivity contribution in [3.05, 3.63) is 81.7 Å². The molecule has 1 aliphatic heterocycles. The molecular weight excluding hydrogens is 587 g/mol. The first-order valence-electron chi connectivity index (χ1n) is 12.2. The molecule has 3 atom stereocenters. The average Bonchev–Trinajstić information content (AvgIpc) is 3.33. The molecule has 0 saturated carbocycles. The Bertz CT molecular complexity index is 1260. The SMILES string of the molecule is C[C@@H]1COC[C@H](C)N1c1ccc(C(=O)N(I)c2scc(C3CCc4ccccc4C3)c2C(=O)O)cc1. The molecule has 1 fully saturated rings. The molecule has 1 unspecified atom stereocenters. The highest BCUT2D eigenvalue weighted by Crippen LogP contribution is 2.42. The van der Waals surface area contributed by atoms with Crippen molar-refractivity contribution < 1.29 is 19.4 Å². The Balaban J connectivity index is 1.38. The number of thiophene rings is 1. The quantitative estimate of drug-likeness (QED) is 0.268. The van der Waals surface area contributed by atoms with E-state index >= 15 is 0 Å². The van der Waals surface area contributed by atoms with Gasteiger partial charge in [0, 0.05) is 23.3 Å². The molecule has 0 bridgehead atoms. The van der Waals surface area contributed by atoms with Crippen LogP contribution in [0, 0.1) is 0 Å². The predicted molar refractivity (Wildman–Crippen MR) is 152 cm³/mol. The summed E-state index contributed by atoms with van der Waals surface area (Å²) in [4.78, 5) is 28.1. The van der Waals surface area contributed by atoms with Crippen LogP contribution in [0.5, 0.6) is 0 Å². The Morgan fingerprint density at radius 1 is 1.06 bits per heavy atom. The van der Waals surface area contributed by atoms with Crippen LogP contribution in [0.1, 0.15) is 63.6 Å². The fraction of sp³-hybridized carbons (Fsp3) is 0.357. The van der Waals surface area contributed by atoms with Crippen molar-refractivity contribution in [2.75, 3.05) is 21.2 Å². The number of hydrogen-bond acceptors (Lipinski definition) is 5. The lowest BCUT2D eigenvalue weighted by molar-refractivity contribution is 0.0696. The number of aromatic carboxylic acids is 1. The van der Waals surface area contributed by atoms with E-state index in [4.69, 9.17) is 4.74 Å². The minimum atomic E-state index is -0.986. The maximum absolute atomic E-state index is 13.4. The Labute approximate surface area is 229 Å². The Morgan fingerprint density at radius 2 is 1.72 bits per heavy atom. The molecular formula is C28H29IN2O4S. The van der Waals surface area contributed by atoms with E-state index < -0.39 is 5.97 Å². The molecule has 188 valence electrons. The number of amides is 1. The summed E-state index contributed by atoms with van der Waals surface area (Å²) in [7, 11) is 0. The van der Waals surface area contributed by atoms with Crippen molar-refractivity contribution >= 4 is 56.8 Å². The first kappa shape index (κ1) is 25.2. The second kappa shape index (κ2) is 10.5. The van der Waals surface area contributed by atoms with Crippen LogP contribution in [0.2, 0.25) is 0 Å². The topological polar surface area (TPSA) is 70.1 Å². The van der Waals surface area contributed by atoms with Gasteiger partial charge in [0.2, 0.25) is 0 Å². The number of hydrogen-bond donors (Lipinski definition) is 1. The maximum Gasteiger partial charge on any atom is 0.339 e. The van der Waals surface area contributed by atoms with Gasteiger partial charge >= 0.3 is 5.97 Å². The van der Waals surface area contributed by atoms with Crippen molar-refractivity contribution in [2.45, 2.75) is 51.1 Å². The first-order valence-corrected chi connectivity index (χ1v) is 14.1. The molecule has 2 heterocycles. The molecule has 6 nitrogen and oxygen atoms in total. The van der Waals surface area contributed by atoms with Gasteiger partial charge in [-0.3, -0.25) is 4.79 Å². The molecule has 8 heteroatoms. The van der Waals surface area contributed by atoms with Crippen molar-refractivity contribution in [1.29, 1.82) is 0 Å². The molecule has 3 aromatic rings. The van der Waals surface area contributed by atoms with Crippen molar-refractivity contribution in [3.63, 3.8) is 0 Å². The highest BCUT2D eigenvalue weighted by atomic mass is 127. The summed E-state index contributed by atoms with van der Waals surface area (Å²) in [5.74, 6) is -1.08. The van der Waals surface area contributed by atoms with Crippen LogP contribution in [0.15, 0.2) is 53.9 Å². The van der Waals surface area contributed by atoms with Crippen LogP contribution < -0.4 is 8.01 Å². The second-order valence-corrected chi connectivity index (χ2v) is 11.5. The van der Waals surface area contributed by atoms with Gasteiger partial charge in [0.15, 0.2) is 0 Å². The molecule has 0 spiro atoms. The Morgan fingerprint density at radius 3 is 2.39 bits per heavy atom. The Hall–Kier alpha value is -2.43. The lowest BCUT2D eigenvalue weighted by Crippen LogP contribution is -2.49. The number of carboxylic acids is 1. The average molecular weight is 617 g/mol. The van der Waals surface area contributed by atoms with Gasteiger partial charge in [-0.05, 0) is 85.4 Å². The molecule has 5 rings (SSSR count). The van der Waals surface area contributed by atoms with Crippen molar-refractivity contribution in [3.8, 4) is 0 Å². The summed E-state index contributed by atoms with van der Waals surface area (Å²) < 4.78 is 7.09. The largest absolute Gasteiger partial charge is 0.478 e. The van der Waals surface area contributed by atoms with E-state index in [1.54, 1.807) is 0 Å². The third kappa shape index (κ3) is 4.78. The number of nitrogens with zero attached hydrogens (tertiary/aromatic N) is 2.